The van der Waals surface area contributed by atoms with Crippen molar-refractivity contribution >= 4 is 27.5 Å². The Labute approximate surface area is 111 Å². The van der Waals surface area contributed by atoms with Gasteiger partial charge in [0.25, 0.3) is 0 Å². The van der Waals surface area contributed by atoms with Crippen LogP contribution in [0, 0.1) is 0 Å². The molecule has 0 saturated carbocycles. The molecule has 0 amide bonds. The normalized spacial score (nSPS) is 10.8. The van der Waals surface area contributed by atoms with Crippen LogP contribution < -0.4 is 4.74 Å². The van der Waals surface area contributed by atoms with Crippen molar-refractivity contribution in [3.8, 4) is 5.75 Å². The maximum absolute atomic E-state index is 5.67. The van der Waals surface area contributed by atoms with Gasteiger partial charge in [0.05, 0.1) is 7.11 Å². The molecule has 90 valence electrons. The standard InChI is InChI=1S/C12H17BrClNO/c1-15(7-3-6-14)9-10-8-11(13)4-5-12(10)16-2/h4-5,8H,3,6-7,9H2,1-2H3. The van der Waals surface area contributed by atoms with E-state index in [2.05, 4.69) is 33.9 Å². The number of methoxy groups -OCH3 is 1. The third kappa shape index (κ3) is 4.32. The third-order valence-electron chi connectivity index (χ3n) is 2.36. The number of benzene rings is 1. The number of nitrogens with zero attached hydrogens (tertiary/aromatic N) is 1. The topological polar surface area (TPSA) is 12.5 Å². The molecule has 1 aromatic rings. The minimum absolute atomic E-state index is 0.708. The molecular weight excluding hydrogens is 289 g/mol. The summed E-state index contributed by atoms with van der Waals surface area (Å²) in [6.07, 6.45) is 1.01. The second kappa shape index (κ2) is 7.15. The van der Waals surface area contributed by atoms with Gasteiger partial charge < -0.3 is 9.64 Å². The van der Waals surface area contributed by atoms with Gasteiger partial charge in [0.1, 0.15) is 5.75 Å². The van der Waals surface area contributed by atoms with Crippen LogP contribution >= 0.6 is 27.5 Å². The monoisotopic (exact) mass is 305 g/mol. The Balaban J connectivity index is 2.67. The van der Waals surface area contributed by atoms with Gasteiger partial charge in [-0.05, 0) is 38.2 Å². The molecule has 16 heavy (non-hydrogen) atoms. The number of alkyl halides is 1. The maximum Gasteiger partial charge on any atom is 0.123 e. The van der Waals surface area contributed by atoms with Crippen LogP contribution in [0.25, 0.3) is 0 Å². The lowest BCUT2D eigenvalue weighted by Crippen LogP contribution is -2.19. The lowest BCUT2D eigenvalue weighted by Gasteiger charge is -2.18. The van der Waals surface area contributed by atoms with E-state index in [-0.39, 0.29) is 0 Å². The Bertz CT molecular complexity index is 333. The second-order valence-electron chi connectivity index (χ2n) is 3.74. The summed E-state index contributed by atoms with van der Waals surface area (Å²) in [5.41, 5.74) is 1.19. The van der Waals surface area contributed by atoms with Crippen LogP contribution in [-0.4, -0.2) is 31.5 Å². The fourth-order valence-corrected chi connectivity index (χ4v) is 2.10. The molecule has 4 heteroatoms. The highest BCUT2D eigenvalue weighted by atomic mass is 79.9. The van der Waals surface area contributed by atoms with Crippen molar-refractivity contribution in [1.82, 2.24) is 4.90 Å². The summed E-state index contributed by atoms with van der Waals surface area (Å²) in [6, 6.07) is 6.06. The minimum atomic E-state index is 0.708. The first-order chi connectivity index (χ1) is 7.67. The lowest BCUT2D eigenvalue weighted by molar-refractivity contribution is 0.318. The smallest absolute Gasteiger partial charge is 0.123 e. The zero-order valence-corrected chi connectivity index (χ0v) is 12.0. The Morgan fingerprint density at radius 1 is 1.44 bits per heavy atom. The van der Waals surface area contributed by atoms with Crippen molar-refractivity contribution in [1.29, 1.82) is 0 Å². The number of ether oxygens (including phenoxy) is 1. The third-order valence-corrected chi connectivity index (χ3v) is 3.12. The van der Waals surface area contributed by atoms with Crippen LogP contribution in [0.4, 0.5) is 0 Å². The summed E-state index contributed by atoms with van der Waals surface area (Å²) in [6.45, 7) is 1.87. The Morgan fingerprint density at radius 2 is 2.19 bits per heavy atom. The number of rotatable bonds is 6. The largest absolute Gasteiger partial charge is 0.496 e. The molecule has 0 atom stereocenters. The molecule has 0 bridgehead atoms. The molecule has 0 saturated heterocycles. The maximum atomic E-state index is 5.67. The summed E-state index contributed by atoms with van der Waals surface area (Å²) >= 11 is 9.15. The van der Waals surface area contributed by atoms with E-state index in [0.717, 1.165) is 29.7 Å². The quantitative estimate of drug-likeness (QED) is 0.746. The molecule has 0 aliphatic carbocycles. The first-order valence-corrected chi connectivity index (χ1v) is 6.57. The van der Waals surface area contributed by atoms with Crippen molar-refractivity contribution in [3.63, 3.8) is 0 Å². The highest BCUT2D eigenvalue weighted by molar-refractivity contribution is 9.10. The average molecular weight is 307 g/mol. The molecule has 0 aliphatic rings. The van der Waals surface area contributed by atoms with Crippen molar-refractivity contribution in [2.45, 2.75) is 13.0 Å². The molecule has 0 fully saturated rings. The molecule has 0 aliphatic heterocycles. The summed E-state index contributed by atoms with van der Waals surface area (Å²) in [7, 11) is 3.79. The summed E-state index contributed by atoms with van der Waals surface area (Å²) in [5, 5.41) is 0. The van der Waals surface area contributed by atoms with Gasteiger partial charge in [-0.2, -0.15) is 0 Å². The zero-order valence-electron chi connectivity index (χ0n) is 9.67. The molecule has 0 heterocycles. The van der Waals surface area contributed by atoms with E-state index in [1.54, 1.807) is 7.11 Å². The van der Waals surface area contributed by atoms with E-state index in [4.69, 9.17) is 16.3 Å². The summed E-state index contributed by atoms with van der Waals surface area (Å²) in [5.74, 6) is 1.64. The Morgan fingerprint density at radius 3 is 2.81 bits per heavy atom. The fraction of sp³-hybridized carbons (Fsp3) is 0.500. The van der Waals surface area contributed by atoms with Gasteiger partial charge in [-0.3, -0.25) is 0 Å². The predicted molar refractivity (Wildman–Crippen MR) is 72.4 cm³/mol. The molecule has 0 N–H and O–H groups in total. The molecule has 0 aromatic heterocycles. The zero-order chi connectivity index (χ0) is 12.0. The summed E-state index contributed by atoms with van der Waals surface area (Å²) in [4.78, 5) is 2.24. The molecule has 1 aromatic carbocycles. The van der Waals surface area contributed by atoms with Crippen molar-refractivity contribution < 1.29 is 4.74 Å². The molecule has 0 spiro atoms. The van der Waals surface area contributed by atoms with E-state index in [1.165, 1.54) is 5.56 Å². The van der Waals surface area contributed by atoms with E-state index < -0.39 is 0 Å². The van der Waals surface area contributed by atoms with E-state index >= 15 is 0 Å². The van der Waals surface area contributed by atoms with Crippen LogP contribution in [0.5, 0.6) is 5.75 Å². The van der Waals surface area contributed by atoms with Crippen molar-refractivity contribution in [2.75, 3.05) is 26.6 Å². The summed E-state index contributed by atoms with van der Waals surface area (Å²) < 4.78 is 6.41. The van der Waals surface area contributed by atoms with Crippen LogP contribution in [0.15, 0.2) is 22.7 Å². The van der Waals surface area contributed by atoms with Gasteiger partial charge in [-0.15, -0.1) is 11.6 Å². The van der Waals surface area contributed by atoms with E-state index in [9.17, 15) is 0 Å². The van der Waals surface area contributed by atoms with Crippen molar-refractivity contribution in [2.24, 2.45) is 0 Å². The van der Waals surface area contributed by atoms with E-state index in [1.807, 2.05) is 12.1 Å². The van der Waals surface area contributed by atoms with Crippen LogP contribution in [0.2, 0.25) is 0 Å². The molecule has 1 rings (SSSR count). The number of halogens is 2. The van der Waals surface area contributed by atoms with Gasteiger partial charge >= 0.3 is 0 Å². The Hall–Kier alpha value is -0.250. The number of hydrogen-bond donors (Lipinski definition) is 0. The minimum Gasteiger partial charge on any atom is -0.496 e. The molecule has 0 radical (unpaired) electrons. The fourth-order valence-electron chi connectivity index (χ4n) is 1.57. The van der Waals surface area contributed by atoms with Gasteiger partial charge in [0.2, 0.25) is 0 Å². The average Bonchev–Trinajstić information content (AvgIpc) is 2.27. The Kier molecular flexibility index (Phi) is 6.17. The van der Waals surface area contributed by atoms with Gasteiger partial charge in [-0.25, -0.2) is 0 Å². The number of hydrogen-bond acceptors (Lipinski definition) is 2. The molecule has 0 unspecified atom stereocenters. The van der Waals surface area contributed by atoms with Crippen LogP contribution in [0.3, 0.4) is 0 Å². The van der Waals surface area contributed by atoms with Gasteiger partial charge in [0.15, 0.2) is 0 Å². The van der Waals surface area contributed by atoms with Crippen LogP contribution in [-0.2, 0) is 6.54 Å². The highest BCUT2D eigenvalue weighted by Crippen LogP contribution is 2.23. The highest BCUT2D eigenvalue weighted by Gasteiger charge is 2.06. The van der Waals surface area contributed by atoms with Crippen LogP contribution in [0.1, 0.15) is 12.0 Å². The van der Waals surface area contributed by atoms with Gasteiger partial charge in [-0.1, -0.05) is 15.9 Å². The van der Waals surface area contributed by atoms with Crippen molar-refractivity contribution in [3.05, 3.63) is 28.2 Å². The first kappa shape index (κ1) is 13.8. The first-order valence-electron chi connectivity index (χ1n) is 5.24. The SMILES string of the molecule is COc1ccc(Br)cc1CN(C)CCCCl. The van der Waals surface area contributed by atoms with Gasteiger partial charge in [0, 0.05) is 22.5 Å². The second-order valence-corrected chi connectivity index (χ2v) is 5.03. The predicted octanol–water partition coefficient (Wildman–Crippen LogP) is 3.52. The molecular formula is C12H17BrClNO. The lowest BCUT2D eigenvalue weighted by atomic mass is 10.2. The van der Waals surface area contributed by atoms with E-state index in [0.29, 0.717) is 5.88 Å². The molecule has 2 nitrogen and oxygen atoms in total.